The maximum atomic E-state index is 12.1. The Morgan fingerprint density at radius 3 is 2.53 bits per heavy atom. The van der Waals surface area contributed by atoms with E-state index in [1.807, 2.05) is 20.0 Å². The number of rotatable bonds is 3. The van der Waals surface area contributed by atoms with Crippen LogP contribution in [-0.2, 0) is 4.79 Å². The molecular formula is C13H17Cl3N2O. The summed E-state index contributed by atoms with van der Waals surface area (Å²) >= 11 is 12.0. The van der Waals surface area contributed by atoms with Crippen LogP contribution in [0.3, 0.4) is 0 Å². The van der Waals surface area contributed by atoms with Gasteiger partial charge in [-0.15, -0.1) is 12.4 Å². The lowest BCUT2D eigenvalue weighted by Crippen LogP contribution is -2.51. The van der Waals surface area contributed by atoms with Crippen LogP contribution in [0.4, 0.5) is 0 Å². The molecule has 1 unspecified atom stereocenters. The molecule has 1 fully saturated rings. The molecule has 1 aliphatic heterocycles. The molecule has 0 radical (unpaired) electrons. The van der Waals surface area contributed by atoms with E-state index >= 15 is 0 Å². The van der Waals surface area contributed by atoms with E-state index in [9.17, 15) is 4.79 Å². The van der Waals surface area contributed by atoms with Gasteiger partial charge in [0, 0.05) is 30.2 Å². The minimum Gasteiger partial charge on any atom is -0.339 e. The molecule has 0 aromatic heterocycles. The first kappa shape index (κ1) is 16.6. The van der Waals surface area contributed by atoms with Gasteiger partial charge >= 0.3 is 0 Å². The Bertz CT molecular complexity index is 463. The lowest BCUT2D eigenvalue weighted by molar-refractivity contribution is -0.137. The fraction of sp³-hybridized carbons (Fsp3) is 0.462. The van der Waals surface area contributed by atoms with Gasteiger partial charge < -0.3 is 10.2 Å². The molecule has 0 bridgehead atoms. The van der Waals surface area contributed by atoms with E-state index in [2.05, 4.69) is 5.32 Å². The molecule has 1 atom stereocenters. The minimum atomic E-state index is -0.0529. The topological polar surface area (TPSA) is 32.3 Å². The van der Waals surface area contributed by atoms with Crippen LogP contribution in [0.5, 0.6) is 0 Å². The summed E-state index contributed by atoms with van der Waals surface area (Å²) in [6, 6.07) is 5.32. The van der Waals surface area contributed by atoms with Gasteiger partial charge in [-0.2, -0.15) is 0 Å². The van der Waals surface area contributed by atoms with Crippen LogP contribution in [0.25, 0.3) is 0 Å². The first-order valence-electron chi connectivity index (χ1n) is 5.93. The zero-order chi connectivity index (χ0) is 13.3. The predicted octanol–water partition coefficient (Wildman–Crippen LogP) is 3.15. The normalized spacial score (nSPS) is 16.2. The van der Waals surface area contributed by atoms with Crippen molar-refractivity contribution in [2.24, 2.45) is 5.92 Å². The average molecular weight is 324 g/mol. The van der Waals surface area contributed by atoms with E-state index in [1.165, 1.54) is 0 Å². The highest BCUT2D eigenvalue weighted by Crippen LogP contribution is 2.29. The summed E-state index contributed by atoms with van der Waals surface area (Å²) in [6.45, 7) is 3.51. The van der Waals surface area contributed by atoms with Crippen LogP contribution >= 0.6 is 35.6 Å². The molecule has 2 rings (SSSR count). The van der Waals surface area contributed by atoms with Crippen molar-refractivity contribution in [3.8, 4) is 0 Å². The first-order chi connectivity index (χ1) is 8.50. The molecule has 1 aliphatic rings. The fourth-order valence-electron chi connectivity index (χ4n) is 1.99. The first-order valence-corrected chi connectivity index (χ1v) is 6.68. The van der Waals surface area contributed by atoms with Crippen molar-refractivity contribution >= 4 is 41.5 Å². The second kappa shape index (κ2) is 6.80. The Balaban J connectivity index is 0.00000180. The van der Waals surface area contributed by atoms with E-state index in [4.69, 9.17) is 23.2 Å². The van der Waals surface area contributed by atoms with E-state index < -0.39 is 0 Å². The highest BCUT2D eigenvalue weighted by atomic mass is 35.5. The maximum Gasteiger partial charge on any atom is 0.228 e. The molecule has 1 aromatic rings. The largest absolute Gasteiger partial charge is 0.339 e. The van der Waals surface area contributed by atoms with Gasteiger partial charge in [0.15, 0.2) is 0 Å². The van der Waals surface area contributed by atoms with Crippen LogP contribution in [0.15, 0.2) is 18.2 Å². The molecule has 1 aromatic carbocycles. The third-order valence-electron chi connectivity index (χ3n) is 3.47. The molecule has 0 saturated carbocycles. The molecule has 19 heavy (non-hydrogen) atoms. The Morgan fingerprint density at radius 2 is 2.05 bits per heavy atom. The summed E-state index contributed by atoms with van der Waals surface area (Å²) in [6.07, 6.45) is 0. The molecule has 1 heterocycles. The van der Waals surface area contributed by atoms with Crippen molar-refractivity contribution in [1.29, 1.82) is 0 Å². The zero-order valence-corrected chi connectivity index (χ0v) is 13.1. The second-order valence-corrected chi connectivity index (χ2v) is 5.49. The second-order valence-electron chi connectivity index (χ2n) is 4.65. The quantitative estimate of drug-likeness (QED) is 0.927. The fourth-order valence-corrected chi connectivity index (χ4v) is 2.56. The Kier molecular flexibility index (Phi) is 5.93. The summed E-state index contributed by atoms with van der Waals surface area (Å²) < 4.78 is 0. The van der Waals surface area contributed by atoms with Crippen molar-refractivity contribution in [2.75, 3.05) is 20.1 Å². The van der Waals surface area contributed by atoms with E-state index in [1.54, 1.807) is 17.0 Å². The summed E-state index contributed by atoms with van der Waals surface area (Å²) in [7, 11) is 1.82. The van der Waals surface area contributed by atoms with E-state index in [0.717, 1.165) is 18.7 Å². The van der Waals surface area contributed by atoms with Gasteiger partial charge in [-0.05, 0) is 24.6 Å². The van der Waals surface area contributed by atoms with Crippen molar-refractivity contribution in [3.63, 3.8) is 0 Å². The number of halogens is 3. The standard InChI is InChI=1S/C13H16Cl2N2O.ClH/c1-8(11-4-3-10(14)5-12(11)15)17(2)13(18)9-6-16-7-9;/h3-5,8-9,16H,6-7H2,1-2H3;1H. The van der Waals surface area contributed by atoms with Gasteiger partial charge in [0.2, 0.25) is 5.91 Å². The number of nitrogens with one attached hydrogen (secondary N) is 1. The van der Waals surface area contributed by atoms with Gasteiger partial charge in [-0.1, -0.05) is 29.3 Å². The number of nitrogens with zero attached hydrogens (tertiary/aromatic N) is 1. The molecule has 6 heteroatoms. The van der Waals surface area contributed by atoms with Crippen LogP contribution in [0, 0.1) is 5.92 Å². The Morgan fingerprint density at radius 1 is 1.42 bits per heavy atom. The van der Waals surface area contributed by atoms with Crippen molar-refractivity contribution in [2.45, 2.75) is 13.0 Å². The SMILES string of the molecule is CC(c1ccc(Cl)cc1Cl)N(C)C(=O)C1CNC1.Cl. The van der Waals surface area contributed by atoms with Gasteiger partial charge in [0.25, 0.3) is 0 Å². The van der Waals surface area contributed by atoms with Gasteiger partial charge in [-0.25, -0.2) is 0 Å². The number of carbonyl (C=O) groups is 1. The number of carbonyl (C=O) groups excluding carboxylic acids is 1. The number of benzene rings is 1. The highest BCUT2D eigenvalue weighted by Gasteiger charge is 2.30. The summed E-state index contributed by atoms with van der Waals surface area (Å²) in [5.74, 6) is 0.260. The molecular weight excluding hydrogens is 307 g/mol. The summed E-state index contributed by atoms with van der Waals surface area (Å²) in [4.78, 5) is 13.9. The van der Waals surface area contributed by atoms with Crippen molar-refractivity contribution < 1.29 is 4.79 Å². The predicted molar refractivity (Wildman–Crippen MR) is 81.3 cm³/mol. The third kappa shape index (κ3) is 3.54. The Hall–Kier alpha value is -0.480. The lowest BCUT2D eigenvalue weighted by atomic mass is 9.99. The minimum absolute atomic E-state index is 0. The van der Waals surface area contributed by atoms with Gasteiger partial charge in [0.1, 0.15) is 0 Å². The Labute approximate surface area is 129 Å². The van der Waals surface area contributed by atoms with Gasteiger partial charge in [0.05, 0.1) is 12.0 Å². The van der Waals surface area contributed by atoms with Crippen LogP contribution < -0.4 is 5.32 Å². The zero-order valence-electron chi connectivity index (χ0n) is 10.8. The molecule has 0 aliphatic carbocycles. The molecule has 106 valence electrons. The van der Waals surface area contributed by atoms with Crippen LogP contribution in [0.2, 0.25) is 10.0 Å². The molecule has 1 saturated heterocycles. The molecule has 1 N–H and O–H groups in total. The third-order valence-corrected chi connectivity index (χ3v) is 4.03. The monoisotopic (exact) mass is 322 g/mol. The number of hydrogen-bond acceptors (Lipinski definition) is 2. The van der Waals surface area contributed by atoms with E-state index in [0.29, 0.717) is 10.0 Å². The van der Waals surface area contributed by atoms with Crippen molar-refractivity contribution in [1.82, 2.24) is 10.2 Å². The molecule has 1 amide bonds. The lowest BCUT2D eigenvalue weighted by Gasteiger charge is -2.34. The number of hydrogen-bond donors (Lipinski definition) is 1. The smallest absolute Gasteiger partial charge is 0.228 e. The maximum absolute atomic E-state index is 12.1. The number of amides is 1. The highest BCUT2D eigenvalue weighted by molar-refractivity contribution is 6.35. The van der Waals surface area contributed by atoms with E-state index in [-0.39, 0.29) is 30.3 Å². The summed E-state index contributed by atoms with van der Waals surface area (Å²) in [5, 5.41) is 4.31. The molecule has 0 spiro atoms. The molecule has 3 nitrogen and oxygen atoms in total. The van der Waals surface area contributed by atoms with Gasteiger partial charge in [-0.3, -0.25) is 4.79 Å². The summed E-state index contributed by atoms with van der Waals surface area (Å²) in [5.41, 5.74) is 0.921. The van der Waals surface area contributed by atoms with Crippen molar-refractivity contribution in [3.05, 3.63) is 33.8 Å². The average Bonchev–Trinajstić information content (AvgIpc) is 2.24. The van der Waals surface area contributed by atoms with Crippen LogP contribution in [-0.4, -0.2) is 30.9 Å². The van der Waals surface area contributed by atoms with Crippen LogP contribution in [0.1, 0.15) is 18.5 Å².